The van der Waals surface area contributed by atoms with Crippen molar-refractivity contribution in [1.82, 2.24) is 5.32 Å². The summed E-state index contributed by atoms with van der Waals surface area (Å²) in [6, 6.07) is -1.26. The van der Waals surface area contributed by atoms with Crippen LogP contribution in [0.1, 0.15) is 13.8 Å². The summed E-state index contributed by atoms with van der Waals surface area (Å²) < 4.78 is 0. The Balaban J connectivity index is 4.12. The predicted octanol–water partition coefficient (Wildman–Crippen LogP) is 0.317. The van der Waals surface area contributed by atoms with Crippen LogP contribution in [-0.4, -0.2) is 34.7 Å². The number of carboxylic acid groups (broad SMARTS) is 1. The zero-order chi connectivity index (χ0) is 12.6. The maximum Gasteiger partial charge on any atom is 0.328 e. The molecule has 0 bridgehead atoms. The Bertz CT molecular complexity index is 294. The molecule has 0 aliphatic carbocycles. The van der Waals surface area contributed by atoms with Crippen molar-refractivity contribution in [1.29, 1.82) is 0 Å². The summed E-state index contributed by atoms with van der Waals surface area (Å²) in [5.41, 5.74) is 0. The van der Waals surface area contributed by atoms with Crippen molar-refractivity contribution in [3.05, 3.63) is 24.3 Å². The van der Waals surface area contributed by atoms with Crippen molar-refractivity contribution < 1.29 is 19.8 Å². The molecule has 0 rings (SSSR count). The highest BCUT2D eigenvalue weighted by molar-refractivity contribution is 5.91. The van der Waals surface area contributed by atoms with Gasteiger partial charge in [0, 0.05) is 6.08 Å². The molecule has 90 valence electrons. The van der Waals surface area contributed by atoms with Gasteiger partial charge in [-0.3, -0.25) is 4.79 Å². The van der Waals surface area contributed by atoms with E-state index in [4.69, 9.17) is 10.2 Å². The molecule has 0 spiro atoms. The molecule has 0 radical (unpaired) electrons. The fourth-order valence-electron chi connectivity index (χ4n) is 0.835. The molecule has 0 saturated carbocycles. The van der Waals surface area contributed by atoms with E-state index < -0.39 is 24.5 Å². The Morgan fingerprint density at radius 1 is 1.31 bits per heavy atom. The van der Waals surface area contributed by atoms with E-state index in [-0.39, 0.29) is 0 Å². The Kier molecular flexibility index (Phi) is 6.87. The van der Waals surface area contributed by atoms with Crippen LogP contribution >= 0.6 is 0 Å². The molecule has 0 aromatic rings. The van der Waals surface area contributed by atoms with Crippen molar-refractivity contribution in [3.8, 4) is 0 Å². The van der Waals surface area contributed by atoms with E-state index in [2.05, 4.69) is 5.32 Å². The third-order valence-corrected chi connectivity index (χ3v) is 1.65. The van der Waals surface area contributed by atoms with E-state index in [1.165, 1.54) is 12.2 Å². The van der Waals surface area contributed by atoms with Crippen LogP contribution in [0.3, 0.4) is 0 Å². The maximum absolute atomic E-state index is 11.2. The smallest absolute Gasteiger partial charge is 0.328 e. The van der Waals surface area contributed by atoms with Gasteiger partial charge in [0.1, 0.15) is 0 Å². The molecule has 3 N–H and O–H groups in total. The standard InChI is InChI=1S/C11H17NO4/c1-8(2)5-3-4-6-10(14)12-9(7-13)11(15)16/h3-6,8-9,13H,7H2,1-2H3,(H,12,14)(H,15,16)/t9-/m0/s1. The van der Waals surface area contributed by atoms with Crippen LogP contribution in [0.15, 0.2) is 24.3 Å². The molecule has 1 amide bonds. The molecule has 5 nitrogen and oxygen atoms in total. The van der Waals surface area contributed by atoms with Crippen molar-refractivity contribution in [2.75, 3.05) is 6.61 Å². The summed E-state index contributed by atoms with van der Waals surface area (Å²) in [6.45, 7) is 3.37. The SMILES string of the molecule is CC(C)C=CC=CC(=O)N[C@@H](CO)C(=O)O. The van der Waals surface area contributed by atoms with E-state index in [9.17, 15) is 9.59 Å². The van der Waals surface area contributed by atoms with Gasteiger partial charge in [0.05, 0.1) is 6.61 Å². The molecule has 0 aliphatic heterocycles. The van der Waals surface area contributed by atoms with Crippen LogP contribution in [-0.2, 0) is 9.59 Å². The second kappa shape index (κ2) is 7.64. The second-order valence-electron chi connectivity index (χ2n) is 3.57. The van der Waals surface area contributed by atoms with Gasteiger partial charge in [-0.2, -0.15) is 0 Å². The van der Waals surface area contributed by atoms with E-state index in [0.29, 0.717) is 5.92 Å². The summed E-state index contributed by atoms with van der Waals surface area (Å²) in [6.07, 6.45) is 6.33. The minimum atomic E-state index is -1.26. The van der Waals surface area contributed by atoms with Gasteiger partial charge in [-0.15, -0.1) is 0 Å². The lowest BCUT2D eigenvalue weighted by Gasteiger charge is -2.08. The number of aliphatic carboxylic acids is 1. The van der Waals surface area contributed by atoms with Gasteiger partial charge in [-0.05, 0) is 5.92 Å². The lowest BCUT2D eigenvalue weighted by molar-refractivity contribution is -0.142. The number of carbonyl (C=O) groups excluding carboxylic acids is 1. The van der Waals surface area contributed by atoms with E-state index in [0.717, 1.165) is 0 Å². The zero-order valence-corrected chi connectivity index (χ0v) is 9.38. The van der Waals surface area contributed by atoms with Gasteiger partial charge >= 0.3 is 5.97 Å². The summed E-state index contributed by atoms with van der Waals surface area (Å²) in [5.74, 6) is -1.42. The van der Waals surface area contributed by atoms with E-state index >= 15 is 0 Å². The van der Waals surface area contributed by atoms with Crippen molar-refractivity contribution in [2.45, 2.75) is 19.9 Å². The van der Waals surface area contributed by atoms with Gasteiger partial charge in [0.15, 0.2) is 6.04 Å². The van der Waals surface area contributed by atoms with E-state index in [1.54, 1.807) is 6.08 Å². The Morgan fingerprint density at radius 3 is 2.38 bits per heavy atom. The molecule has 0 aliphatic rings. The number of allylic oxidation sites excluding steroid dienone is 3. The van der Waals surface area contributed by atoms with Crippen molar-refractivity contribution >= 4 is 11.9 Å². The van der Waals surface area contributed by atoms with Gasteiger partial charge < -0.3 is 15.5 Å². The average molecular weight is 227 g/mol. The summed E-state index contributed by atoms with van der Waals surface area (Å²) in [7, 11) is 0. The number of rotatable bonds is 6. The molecular formula is C11H17NO4. The molecular weight excluding hydrogens is 210 g/mol. The minimum absolute atomic E-state index is 0.386. The van der Waals surface area contributed by atoms with Gasteiger partial charge in [0.25, 0.3) is 0 Å². The quantitative estimate of drug-likeness (QED) is 0.450. The van der Waals surface area contributed by atoms with Crippen LogP contribution in [0, 0.1) is 5.92 Å². The van der Waals surface area contributed by atoms with Crippen LogP contribution in [0.4, 0.5) is 0 Å². The highest BCUT2D eigenvalue weighted by atomic mass is 16.4. The molecule has 5 heteroatoms. The normalized spacial score (nSPS) is 13.5. The second-order valence-corrected chi connectivity index (χ2v) is 3.57. The van der Waals surface area contributed by atoms with Gasteiger partial charge in [-0.25, -0.2) is 4.79 Å². The number of aliphatic hydroxyl groups excluding tert-OH is 1. The lowest BCUT2D eigenvalue weighted by atomic mass is 10.2. The molecule has 1 atom stereocenters. The van der Waals surface area contributed by atoms with Crippen molar-refractivity contribution in [3.63, 3.8) is 0 Å². The molecule has 0 aromatic heterocycles. The number of carbonyl (C=O) groups is 2. The molecule has 0 saturated heterocycles. The highest BCUT2D eigenvalue weighted by Crippen LogP contribution is 1.93. The summed E-state index contributed by atoms with van der Waals surface area (Å²) >= 11 is 0. The Labute approximate surface area is 94.5 Å². The topological polar surface area (TPSA) is 86.6 Å². The Morgan fingerprint density at radius 2 is 1.94 bits per heavy atom. The average Bonchev–Trinajstić information content (AvgIpc) is 2.20. The zero-order valence-electron chi connectivity index (χ0n) is 9.38. The number of carboxylic acids is 1. The van der Waals surface area contributed by atoms with Crippen LogP contribution in [0.5, 0.6) is 0 Å². The minimum Gasteiger partial charge on any atom is -0.480 e. The Hall–Kier alpha value is -1.62. The molecule has 16 heavy (non-hydrogen) atoms. The number of amides is 1. The molecule has 0 fully saturated rings. The van der Waals surface area contributed by atoms with E-state index in [1.807, 2.05) is 19.9 Å². The van der Waals surface area contributed by atoms with Crippen LogP contribution < -0.4 is 5.32 Å². The fraction of sp³-hybridized carbons (Fsp3) is 0.455. The monoisotopic (exact) mass is 227 g/mol. The number of nitrogens with one attached hydrogen (secondary N) is 1. The number of hydrogen-bond donors (Lipinski definition) is 3. The van der Waals surface area contributed by atoms with Gasteiger partial charge in [0.2, 0.25) is 5.91 Å². The predicted molar refractivity (Wildman–Crippen MR) is 59.8 cm³/mol. The fourth-order valence-corrected chi connectivity index (χ4v) is 0.835. The lowest BCUT2D eigenvalue weighted by Crippen LogP contribution is -2.42. The summed E-state index contributed by atoms with van der Waals surface area (Å²) in [5, 5.41) is 19.4. The maximum atomic E-state index is 11.2. The third kappa shape index (κ3) is 6.78. The molecule has 0 aromatic carbocycles. The molecule has 0 unspecified atom stereocenters. The highest BCUT2D eigenvalue weighted by Gasteiger charge is 2.16. The third-order valence-electron chi connectivity index (χ3n) is 1.65. The summed E-state index contributed by atoms with van der Waals surface area (Å²) in [4.78, 5) is 21.6. The number of aliphatic hydroxyl groups is 1. The first-order valence-corrected chi connectivity index (χ1v) is 4.96. The van der Waals surface area contributed by atoms with Crippen LogP contribution in [0.2, 0.25) is 0 Å². The van der Waals surface area contributed by atoms with Crippen molar-refractivity contribution in [2.24, 2.45) is 5.92 Å². The first-order valence-electron chi connectivity index (χ1n) is 4.96. The van der Waals surface area contributed by atoms with Crippen LogP contribution in [0.25, 0.3) is 0 Å². The van der Waals surface area contributed by atoms with Gasteiger partial charge in [-0.1, -0.05) is 32.1 Å². The number of hydrogen-bond acceptors (Lipinski definition) is 3. The molecule has 0 heterocycles. The first kappa shape index (κ1) is 14.4. The first-order chi connectivity index (χ1) is 7.47. The largest absolute Gasteiger partial charge is 0.480 e.